The summed E-state index contributed by atoms with van der Waals surface area (Å²) in [6, 6.07) is 6.11. The van der Waals surface area contributed by atoms with Gasteiger partial charge in [-0.05, 0) is 19.1 Å². The van der Waals surface area contributed by atoms with Crippen molar-refractivity contribution < 1.29 is 9.13 Å². The summed E-state index contributed by atoms with van der Waals surface area (Å²) in [5.74, 6) is 0.327. The smallest absolute Gasteiger partial charge is 0.126 e. The molecule has 68 valence electrons. The van der Waals surface area contributed by atoms with Crippen molar-refractivity contribution in [2.75, 3.05) is 6.61 Å². The van der Waals surface area contributed by atoms with Gasteiger partial charge in [0.15, 0.2) is 0 Å². The standard InChI is InChI=1S/C8H9FO.C2H6/c1-2-10-8-5-3-4-7(9)6-8;1-2/h3-6H,2H2,1H3;1-2H3. The third-order valence-corrected chi connectivity index (χ3v) is 1.11. The van der Waals surface area contributed by atoms with Gasteiger partial charge in [-0.3, -0.25) is 0 Å². The summed E-state index contributed by atoms with van der Waals surface area (Å²) in [6.45, 7) is 6.44. The molecule has 0 aromatic heterocycles. The van der Waals surface area contributed by atoms with E-state index in [4.69, 9.17) is 4.74 Å². The molecule has 2 heteroatoms. The highest BCUT2D eigenvalue weighted by molar-refractivity contribution is 5.22. The van der Waals surface area contributed by atoms with Crippen LogP contribution in [0.2, 0.25) is 0 Å². The van der Waals surface area contributed by atoms with E-state index in [1.165, 1.54) is 12.1 Å². The zero-order valence-electron chi connectivity index (χ0n) is 7.80. The quantitative estimate of drug-likeness (QED) is 0.662. The molecular weight excluding hydrogens is 155 g/mol. The van der Waals surface area contributed by atoms with Crippen molar-refractivity contribution in [3.8, 4) is 5.75 Å². The number of ether oxygens (including phenoxy) is 1. The Labute approximate surface area is 73.2 Å². The number of rotatable bonds is 2. The second-order valence-electron chi connectivity index (χ2n) is 1.89. The van der Waals surface area contributed by atoms with Crippen LogP contribution in [0.5, 0.6) is 5.75 Å². The van der Waals surface area contributed by atoms with Crippen LogP contribution in [0, 0.1) is 5.82 Å². The SMILES string of the molecule is CC.CCOc1cccc(F)c1. The summed E-state index contributed by atoms with van der Waals surface area (Å²) in [7, 11) is 0. The summed E-state index contributed by atoms with van der Waals surface area (Å²) in [5, 5.41) is 0. The van der Waals surface area contributed by atoms with Gasteiger partial charge in [0.2, 0.25) is 0 Å². The molecule has 0 bridgehead atoms. The maximum absolute atomic E-state index is 12.4. The second-order valence-corrected chi connectivity index (χ2v) is 1.89. The molecule has 0 heterocycles. The summed E-state index contributed by atoms with van der Waals surface area (Å²) in [5.41, 5.74) is 0. The predicted octanol–water partition coefficient (Wildman–Crippen LogP) is 3.25. The molecule has 0 radical (unpaired) electrons. The van der Waals surface area contributed by atoms with Crippen molar-refractivity contribution in [2.45, 2.75) is 20.8 Å². The Bertz CT molecular complexity index is 211. The largest absolute Gasteiger partial charge is 0.494 e. The first-order valence-electron chi connectivity index (χ1n) is 4.21. The lowest BCUT2D eigenvalue weighted by atomic mass is 10.3. The van der Waals surface area contributed by atoms with Gasteiger partial charge in [0.05, 0.1) is 6.61 Å². The maximum atomic E-state index is 12.4. The molecule has 0 aliphatic carbocycles. The van der Waals surface area contributed by atoms with Gasteiger partial charge in [-0.1, -0.05) is 19.9 Å². The van der Waals surface area contributed by atoms with Crippen LogP contribution in [0.1, 0.15) is 20.8 Å². The van der Waals surface area contributed by atoms with Gasteiger partial charge in [0, 0.05) is 6.07 Å². The normalized spacial score (nSPS) is 8.33. The topological polar surface area (TPSA) is 9.23 Å². The first-order valence-corrected chi connectivity index (χ1v) is 4.21. The molecule has 0 aliphatic rings. The average molecular weight is 170 g/mol. The first-order chi connectivity index (χ1) is 5.83. The van der Waals surface area contributed by atoms with E-state index in [1.807, 2.05) is 20.8 Å². The lowest BCUT2D eigenvalue weighted by molar-refractivity contribution is 0.338. The molecule has 1 aromatic rings. The van der Waals surface area contributed by atoms with Crippen LogP contribution in [0.3, 0.4) is 0 Å². The summed E-state index contributed by atoms with van der Waals surface area (Å²) >= 11 is 0. The van der Waals surface area contributed by atoms with Crippen LogP contribution in [-0.2, 0) is 0 Å². The number of halogens is 1. The molecule has 0 amide bonds. The van der Waals surface area contributed by atoms with E-state index in [2.05, 4.69) is 0 Å². The van der Waals surface area contributed by atoms with Gasteiger partial charge in [-0.15, -0.1) is 0 Å². The lowest BCUT2D eigenvalue weighted by Gasteiger charge is -2.00. The van der Waals surface area contributed by atoms with Gasteiger partial charge in [0.1, 0.15) is 11.6 Å². The summed E-state index contributed by atoms with van der Waals surface area (Å²) in [6.07, 6.45) is 0. The monoisotopic (exact) mass is 170 g/mol. The Morgan fingerprint density at radius 2 is 2.00 bits per heavy atom. The van der Waals surface area contributed by atoms with Crippen molar-refractivity contribution in [1.82, 2.24) is 0 Å². The van der Waals surface area contributed by atoms with E-state index in [0.29, 0.717) is 12.4 Å². The average Bonchev–Trinajstić information content (AvgIpc) is 2.09. The van der Waals surface area contributed by atoms with Crippen LogP contribution < -0.4 is 4.74 Å². The van der Waals surface area contributed by atoms with Crippen molar-refractivity contribution >= 4 is 0 Å². The zero-order chi connectivity index (χ0) is 9.40. The molecular formula is C10H15FO. The summed E-state index contributed by atoms with van der Waals surface area (Å²) < 4.78 is 17.5. The predicted molar refractivity (Wildman–Crippen MR) is 48.9 cm³/mol. The minimum Gasteiger partial charge on any atom is -0.494 e. The fraction of sp³-hybridized carbons (Fsp3) is 0.400. The van der Waals surface area contributed by atoms with E-state index in [9.17, 15) is 4.39 Å². The van der Waals surface area contributed by atoms with E-state index in [-0.39, 0.29) is 5.82 Å². The number of benzene rings is 1. The molecule has 0 saturated heterocycles. The van der Waals surface area contributed by atoms with E-state index in [1.54, 1.807) is 12.1 Å². The molecule has 1 aromatic carbocycles. The van der Waals surface area contributed by atoms with Crippen molar-refractivity contribution in [2.24, 2.45) is 0 Å². The van der Waals surface area contributed by atoms with Crippen molar-refractivity contribution in [3.63, 3.8) is 0 Å². The Balaban J connectivity index is 0.000000561. The van der Waals surface area contributed by atoms with Gasteiger partial charge in [0.25, 0.3) is 0 Å². The molecule has 0 N–H and O–H groups in total. The molecule has 0 unspecified atom stereocenters. The minimum absolute atomic E-state index is 0.258. The van der Waals surface area contributed by atoms with Crippen LogP contribution >= 0.6 is 0 Å². The molecule has 1 rings (SSSR count). The highest BCUT2D eigenvalue weighted by Crippen LogP contribution is 2.10. The minimum atomic E-state index is -0.258. The number of hydrogen-bond donors (Lipinski definition) is 0. The third-order valence-electron chi connectivity index (χ3n) is 1.11. The molecule has 0 spiro atoms. The molecule has 0 aliphatic heterocycles. The second kappa shape index (κ2) is 6.65. The van der Waals surface area contributed by atoms with Gasteiger partial charge < -0.3 is 4.74 Å². The van der Waals surface area contributed by atoms with E-state index >= 15 is 0 Å². The molecule has 0 atom stereocenters. The van der Waals surface area contributed by atoms with Crippen molar-refractivity contribution in [1.29, 1.82) is 0 Å². The van der Waals surface area contributed by atoms with Gasteiger partial charge >= 0.3 is 0 Å². The van der Waals surface area contributed by atoms with Crippen LogP contribution in [0.15, 0.2) is 24.3 Å². The lowest BCUT2D eigenvalue weighted by Crippen LogP contribution is -1.90. The van der Waals surface area contributed by atoms with Crippen LogP contribution in [-0.4, -0.2) is 6.61 Å². The molecule has 12 heavy (non-hydrogen) atoms. The number of hydrogen-bond acceptors (Lipinski definition) is 1. The maximum Gasteiger partial charge on any atom is 0.126 e. The van der Waals surface area contributed by atoms with Crippen LogP contribution in [0.25, 0.3) is 0 Å². The Kier molecular flexibility index (Phi) is 6.07. The van der Waals surface area contributed by atoms with E-state index < -0.39 is 0 Å². The van der Waals surface area contributed by atoms with Crippen molar-refractivity contribution in [3.05, 3.63) is 30.1 Å². The van der Waals surface area contributed by atoms with E-state index in [0.717, 1.165) is 0 Å². The summed E-state index contributed by atoms with van der Waals surface area (Å²) in [4.78, 5) is 0. The molecule has 0 fully saturated rings. The molecule has 1 nitrogen and oxygen atoms in total. The molecule has 0 saturated carbocycles. The first kappa shape index (κ1) is 11.0. The highest BCUT2D eigenvalue weighted by atomic mass is 19.1. The fourth-order valence-corrected chi connectivity index (χ4v) is 0.723. The van der Waals surface area contributed by atoms with Crippen LogP contribution in [0.4, 0.5) is 4.39 Å². The fourth-order valence-electron chi connectivity index (χ4n) is 0.723. The third kappa shape index (κ3) is 3.96. The highest BCUT2D eigenvalue weighted by Gasteiger charge is 1.91. The Morgan fingerprint density at radius 1 is 1.33 bits per heavy atom. The zero-order valence-corrected chi connectivity index (χ0v) is 7.80. The van der Waals surface area contributed by atoms with Gasteiger partial charge in [-0.25, -0.2) is 4.39 Å². The van der Waals surface area contributed by atoms with Gasteiger partial charge in [-0.2, -0.15) is 0 Å². The Morgan fingerprint density at radius 3 is 2.50 bits per heavy atom. The Hall–Kier alpha value is -1.05.